The van der Waals surface area contributed by atoms with Crippen LogP contribution in [0.15, 0.2) is 70.9 Å². The number of aliphatic hydroxyl groups excluding tert-OH is 3. The molecule has 0 aliphatic carbocycles. The van der Waals surface area contributed by atoms with Crippen LogP contribution in [0.1, 0.15) is 0 Å². The van der Waals surface area contributed by atoms with Crippen LogP contribution >= 0.6 is 0 Å². The van der Waals surface area contributed by atoms with Crippen LogP contribution in [0.25, 0.3) is 0 Å². The van der Waals surface area contributed by atoms with Gasteiger partial charge in [0.15, 0.2) is 0 Å². The van der Waals surface area contributed by atoms with Crippen molar-refractivity contribution in [1.82, 2.24) is 0 Å². The molecule has 0 aliphatic rings. The average molecular weight is 328 g/mol. The number of anilines is 2. The number of hydrogen-bond donors (Lipinski definition) is 5. The van der Waals surface area contributed by atoms with Crippen LogP contribution in [0.3, 0.4) is 0 Å². The van der Waals surface area contributed by atoms with Crippen molar-refractivity contribution in [1.29, 1.82) is 0 Å². The van der Waals surface area contributed by atoms with E-state index in [1.54, 1.807) is 12.1 Å². The molecule has 24 heavy (non-hydrogen) atoms. The van der Waals surface area contributed by atoms with Crippen molar-refractivity contribution in [3.63, 3.8) is 0 Å². The maximum atomic E-state index is 10.1. The van der Waals surface area contributed by atoms with E-state index in [1.165, 1.54) is 6.21 Å². The van der Waals surface area contributed by atoms with Gasteiger partial charge in [0.25, 0.3) is 0 Å². The molecule has 2 aromatic rings. The largest absolute Gasteiger partial charge is 0.394 e. The van der Waals surface area contributed by atoms with E-state index in [4.69, 9.17) is 5.11 Å². The fraction of sp³-hybridized carbons (Fsp3) is 0.176. The Morgan fingerprint density at radius 1 is 0.917 bits per heavy atom. The Morgan fingerprint density at radius 2 is 1.46 bits per heavy atom. The van der Waals surface area contributed by atoms with Crippen LogP contribution in [-0.2, 0) is 0 Å². The first kappa shape index (κ1) is 17.6. The third-order valence-corrected chi connectivity index (χ3v) is 3.11. The SMILES string of the molecule is OCC(O)C(O)C(/C=N/Nc1ccccc1)=N/Nc1ccccc1. The highest BCUT2D eigenvalue weighted by Gasteiger charge is 2.20. The smallest absolute Gasteiger partial charge is 0.127 e. The Hall–Kier alpha value is -2.74. The van der Waals surface area contributed by atoms with Crippen LogP contribution < -0.4 is 10.9 Å². The quantitative estimate of drug-likeness (QED) is 0.370. The summed E-state index contributed by atoms with van der Waals surface area (Å²) < 4.78 is 0. The molecule has 7 nitrogen and oxygen atoms in total. The van der Waals surface area contributed by atoms with Gasteiger partial charge < -0.3 is 15.3 Å². The first-order chi connectivity index (χ1) is 11.7. The Balaban J connectivity index is 2.10. The highest BCUT2D eigenvalue weighted by Crippen LogP contribution is 2.06. The zero-order chi connectivity index (χ0) is 17.2. The van der Waals surface area contributed by atoms with Crippen LogP contribution in [0.4, 0.5) is 11.4 Å². The van der Waals surface area contributed by atoms with Crippen LogP contribution in [0, 0.1) is 0 Å². The van der Waals surface area contributed by atoms with Gasteiger partial charge in [0.2, 0.25) is 0 Å². The Morgan fingerprint density at radius 3 is 2.00 bits per heavy atom. The fourth-order valence-corrected chi connectivity index (χ4v) is 1.80. The third-order valence-electron chi connectivity index (χ3n) is 3.11. The molecule has 0 saturated heterocycles. The second-order valence-electron chi connectivity index (χ2n) is 4.95. The monoisotopic (exact) mass is 328 g/mol. The van der Waals surface area contributed by atoms with E-state index in [0.29, 0.717) is 5.69 Å². The van der Waals surface area contributed by atoms with Gasteiger partial charge in [0.05, 0.1) is 24.2 Å². The molecule has 0 heterocycles. The predicted molar refractivity (Wildman–Crippen MR) is 95.2 cm³/mol. The maximum Gasteiger partial charge on any atom is 0.127 e. The molecule has 0 radical (unpaired) electrons. The van der Waals surface area contributed by atoms with E-state index in [0.717, 1.165) is 5.69 Å². The molecule has 2 unspecified atom stereocenters. The molecule has 2 rings (SSSR count). The molecule has 2 atom stereocenters. The van der Waals surface area contributed by atoms with E-state index in [9.17, 15) is 10.2 Å². The third kappa shape index (κ3) is 5.47. The molecule has 0 saturated carbocycles. The first-order valence-corrected chi connectivity index (χ1v) is 7.40. The molecular formula is C17H20N4O3. The molecular weight excluding hydrogens is 308 g/mol. The zero-order valence-electron chi connectivity index (χ0n) is 12.9. The Kier molecular flexibility index (Phi) is 6.91. The molecule has 0 bridgehead atoms. The number of nitrogens with one attached hydrogen (secondary N) is 2. The van der Waals surface area contributed by atoms with E-state index < -0.39 is 18.8 Å². The highest BCUT2D eigenvalue weighted by atomic mass is 16.4. The normalized spacial score (nSPS) is 14.4. The highest BCUT2D eigenvalue weighted by molar-refractivity contribution is 6.33. The van der Waals surface area contributed by atoms with Gasteiger partial charge in [-0.2, -0.15) is 10.2 Å². The molecule has 0 amide bonds. The van der Waals surface area contributed by atoms with Crippen molar-refractivity contribution < 1.29 is 15.3 Å². The number of benzene rings is 2. The Labute approximate surface area is 140 Å². The molecule has 7 heteroatoms. The fourth-order valence-electron chi connectivity index (χ4n) is 1.80. The van der Waals surface area contributed by atoms with Crippen LogP contribution in [0.2, 0.25) is 0 Å². The van der Waals surface area contributed by atoms with E-state index in [1.807, 2.05) is 48.5 Å². The van der Waals surface area contributed by atoms with E-state index in [-0.39, 0.29) is 5.71 Å². The lowest BCUT2D eigenvalue weighted by Gasteiger charge is -2.15. The molecule has 0 aromatic heterocycles. The van der Waals surface area contributed by atoms with Crippen molar-refractivity contribution in [2.24, 2.45) is 10.2 Å². The summed E-state index contributed by atoms with van der Waals surface area (Å²) in [4.78, 5) is 0. The summed E-state index contributed by atoms with van der Waals surface area (Å²) in [7, 11) is 0. The van der Waals surface area contributed by atoms with Gasteiger partial charge in [-0.15, -0.1) is 0 Å². The summed E-state index contributed by atoms with van der Waals surface area (Å²) >= 11 is 0. The van der Waals surface area contributed by atoms with Crippen molar-refractivity contribution in [2.75, 3.05) is 17.5 Å². The number of aliphatic hydroxyl groups is 3. The molecule has 126 valence electrons. The number of para-hydroxylation sites is 2. The molecule has 0 spiro atoms. The summed E-state index contributed by atoms with van der Waals surface area (Å²) in [6.45, 7) is -0.592. The first-order valence-electron chi connectivity index (χ1n) is 7.40. The Bertz CT molecular complexity index is 662. The van der Waals surface area contributed by atoms with Crippen molar-refractivity contribution >= 4 is 23.3 Å². The van der Waals surface area contributed by atoms with Crippen molar-refractivity contribution in [2.45, 2.75) is 12.2 Å². The molecule has 2 aromatic carbocycles. The summed E-state index contributed by atoms with van der Waals surface area (Å²) in [6.07, 6.45) is -1.45. The standard InChI is InChI=1S/C17H20N4O3/c22-12-16(23)17(24)15(21-20-14-9-5-2-6-10-14)11-18-19-13-7-3-1-4-8-13/h1-11,16-17,19-20,22-24H,12H2/b18-11+,21-15+. The predicted octanol–water partition coefficient (Wildman–Crippen LogP) is 1.27. The zero-order valence-corrected chi connectivity index (χ0v) is 12.9. The topological polar surface area (TPSA) is 109 Å². The number of nitrogens with zero attached hydrogens (tertiary/aromatic N) is 2. The van der Waals surface area contributed by atoms with Crippen LogP contribution in [-0.4, -0.2) is 46.1 Å². The second-order valence-corrected chi connectivity index (χ2v) is 4.95. The molecule has 0 aliphatic heterocycles. The lowest BCUT2D eigenvalue weighted by atomic mass is 10.1. The summed E-state index contributed by atoms with van der Waals surface area (Å²) in [5.74, 6) is 0. The van der Waals surface area contributed by atoms with Gasteiger partial charge >= 0.3 is 0 Å². The van der Waals surface area contributed by atoms with Crippen molar-refractivity contribution in [3.8, 4) is 0 Å². The summed E-state index contributed by atoms with van der Waals surface area (Å²) in [6, 6.07) is 18.4. The number of hydrazone groups is 2. The minimum absolute atomic E-state index is 0.0730. The number of hydrogen-bond acceptors (Lipinski definition) is 7. The van der Waals surface area contributed by atoms with Gasteiger partial charge in [-0.3, -0.25) is 10.9 Å². The van der Waals surface area contributed by atoms with Gasteiger partial charge in [-0.25, -0.2) is 0 Å². The molecule has 5 N–H and O–H groups in total. The summed E-state index contributed by atoms with van der Waals surface area (Å²) in [5, 5.41) is 36.7. The molecule has 0 fully saturated rings. The van der Waals surface area contributed by atoms with Gasteiger partial charge in [-0.1, -0.05) is 36.4 Å². The lowest BCUT2D eigenvalue weighted by molar-refractivity contribution is 0.0193. The van der Waals surface area contributed by atoms with Gasteiger partial charge in [0, 0.05) is 0 Å². The minimum Gasteiger partial charge on any atom is -0.394 e. The van der Waals surface area contributed by atoms with Gasteiger partial charge in [-0.05, 0) is 24.3 Å². The van der Waals surface area contributed by atoms with E-state index >= 15 is 0 Å². The lowest BCUT2D eigenvalue weighted by Crippen LogP contribution is -2.37. The van der Waals surface area contributed by atoms with Crippen molar-refractivity contribution in [3.05, 3.63) is 60.7 Å². The van der Waals surface area contributed by atoms with Crippen LogP contribution in [0.5, 0.6) is 0 Å². The average Bonchev–Trinajstić information content (AvgIpc) is 2.65. The van der Waals surface area contributed by atoms with E-state index in [2.05, 4.69) is 21.1 Å². The van der Waals surface area contributed by atoms with Gasteiger partial charge in [0.1, 0.15) is 17.9 Å². The second kappa shape index (κ2) is 9.41. The number of rotatable bonds is 8. The minimum atomic E-state index is -1.38. The maximum absolute atomic E-state index is 10.1. The summed E-state index contributed by atoms with van der Waals surface area (Å²) in [5.41, 5.74) is 7.11.